The van der Waals surface area contributed by atoms with E-state index in [0.717, 1.165) is 43.1 Å². The lowest BCUT2D eigenvalue weighted by molar-refractivity contribution is 0.386. The monoisotopic (exact) mass is 393 g/mol. The van der Waals surface area contributed by atoms with Crippen LogP contribution in [0.3, 0.4) is 0 Å². The van der Waals surface area contributed by atoms with E-state index in [0.29, 0.717) is 22.3 Å². The van der Waals surface area contributed by atoms with Crippen molar-refractivity contribution in [3.8, 4) is 0 Å². The van der Waals surface area contributed by atoms with Crippen molar-refractivity contribution in [2.75, 3.05) is 23.7 Å². The Balaban J connectivity index is 2.01. The van der Waals surface area contributed by atoms with Crippen molar-refractivity contribution in [1.82, 2.24) is 20.3 Å². The molecule has 0 spiro atoms. The second-order valence-electron chi connectivity index (χ2n) is 6.68. The van der Waals surface area contributed by atoms with Gasteiger partial charge < -0.3 is 10.2 Å². The largest absolute Gasteiger partial charge is 0.350 e. The number of pyridine rings is 1. The number of nitrogens with zero attached hydrogens (tertiary/aromatic N) is 4. The molecule has 4 heterocycles. The van der Waals surface area contributed by atoms with Gasteiger partial charge in [0.2, 0.25) is 0 Å². The molecule has 0 amide bonds. The molecule has 2 atom stereocenters. The van der Waals surface area contributed by atoms with Crippen LogP contribution in [0, 0.1) is 5.82 Å². The average Bonchev–Trinajstić information content (AvgIpc) is 2.75. The van der Waals surface area contributed by atoms with Crippen molar-refractivity contribution in [3.05, 3.63) is 23.2 Å². The smallest absolute Gasteiger partial charge is 0.190 e. The maximum Gasteiger partial charge on any atom is 0.190 e. The highest BCUT2D eigenvalue weighted by Gasteiger charge is 2.35. The van der Waals surface area contributed by atoms with Crippen LogP contribution in [0.25, 0.3) is 16.5 Å². The second-order valence-corrected chi connectivity index (χ2v) is 8.27. The zero-order valence-corrected chi connectivity index (χ0v) is 16.4. The number of rotatable bonds is 3. The number of halogens is 2. The quantitative estimate of drug-likeness (QED) is 0.485. The zero-order chi connectivity index (χ0) is 18.4. The lowest BCUT2D eigenvalue weighted by Crippen LogP contribution is -2.56. The van der Waals surface area contributed by atoms with Crippen LogP contribution >= 0.6 is 23.4 Å². The Morgan fingerprint density at radius 2 is 2.15 bits per heavy atom. The molecule has 2 aromatic rings. The van der Waals surface area contributed by atoms with Crippen LogP contribution in [0.1, 0.15) is 32.4 Å². The number of hydrogen-bond donors (Lipinski definition) is 1. The Bertz CT molecular complexity index is 890. The van der Waals surface area contributed by atoms with Gasteiger partial charge in [0, 0.05) is 25.2 Å². The first-order valence-electron chi connectivity index (χ1n) is 8.91. The topological polar surface area (TPSA) is 53.9 Å². The zero-order valence-electron chi connectivity index (χ0n) is 14.9. The second kappa shape index (κ2) is 6.94. The van der Waals surface area contributed by atoms with Gasteiger partial charge in [0.1, 0.15) is 11.3 Å². The highest BCUT2D eigenvalue weighted by Crippen LogP contribution is 2.41. The van der Waals surface area contributed by atoms with E-state index in [1.807, 2.05) is 6.92 Å². The normalized spacial score (nSPS) is 22.5. The molecule has 138 valence electrons. The first kappa shape index (κ1) is 17.9. The number of fused-ring (bicyclic) bond motifs is 2. The molecule has 0 aliphatic carbocycles. The Morgan fingerprint density at radius 1 is 1.35 bits per heavy atom. The molecule has 2 aliphatic heterocycles. The molecule has 5 nitrogen and oxygen atoms in total. The van der Waals surface area contributed by atoms with Crippen LogP contribution in [-0.4, -0.2) is 45.9 Å². The van der Waals surface area contributed by atoms with E-state index in [1.165, 1.54) is 11.8 Å². The number of thioether (sulfide) groups is 1. The van der Waals surface area contributed by atoms with Crippen molar-refractivity contribution < 1.29 is 4.39 Å². The van der Waals surface area contributed by atoms with Gasteiger partial charge in [-0.15, -0.1) is 0 Å². The molecule has 26 heavy (non-hydrogen) atoms. The highest BCUT2D eigenvalue weighted by molar-refractivity contribution is 7.99. The molecule has 0 aromatic carbocycles. The third-order valence-electron chi connectivity index (χ3n) is 5.06. The van der Waals surface area contributed by atoms with E-state index >= 15 is 0 Å². The number of aromatic nitrogens is 3. The fourth-order valence-electron chi connectivity index (χ4n) is 3.72. The van der Waals surface area contributed by atoms with Crippen LogP contribution in [0.2, 0.25) is 5.15 Å². The van der Waals surface area contributed by atoms with E-state index in [4.69, 9.17) is 16.6 Å². The first-order chi connectivity index (χ1) is 12.5. The fourth-order valence-corrected chi connectivity index (χ4v) is 4.46. The third kappa shape index (κ3) is 2.86. The maximum atomic E-state index is 14.8. The Hall–Kier alpha value is -1.44. The molecule has 2 aromatic heterocycles. The minimum Gasteiger partial charge on any atom is -0.350 e. The molecule has 0 saturated carbocycles. The van der Waals surface area contributed by atoms with Gasteiger partial charge in [-0.05, 0) is 24.2 Å². The van der Waals surface area contributed by atoms with Gasteiger partial charge in [-0.25, -0.2) is 19.3 Å². The van der Waals surface area contributed by atoms with Gasteiger partial charge in [-0.2, -0.15) is 0 Å². The number of nitrogens with one attached hydrogen (secondary N) is 1. The van der Waals surface area contributed by atoms with Crippen LogP contribution in [0.5, 0.6) is 0 Å². The Kier molecular flexibility index (Phi) is 4.79. The van der Waals surface area contributed by atoms with Crippen molar-refractivity contribution in [3.63, 3.8) is 0 Å². The summed E-state index contributed by atoms with van der Waals surface area (Å²) in [6, 6.07) is 0.581. The predicted molar refractivity (Wildman–Crippen MR) is 106 cm³/mol. The van der Waals surface area contributed by atoms with Gasteiger partial charge in [0.25, 0.3) is 0 Å². The van der Waals surface area contributed by atoms with Gasteiger partial charge in [0.15, 0.2) is 16.1 Å². The SMILES string of the molecule is C=C1C[C@@H]2CN[C@H](CC)CN2c2nc(SCC)nc3c(F)c(Cl)nc1c23. The molecule has 1 fully saturated rings. The van der Waals surface area contributed by atoms with Crippen molar-refractivity contribution in [2.24, 2.45) is 0 Å². The molecule has 4 rings (SSSR count). The van der Waals surface area contributed by atoms with Crippen molar-refractivity contribution in [2.45, 2.75) is 43.9 Å². The van der Waals surface area contributed by atoms with Crippen LogP contribution in [0.15, 0.2) is 11.7 Å². The standard InChI is InChI=1S/C18H21ClFN5S/c1-4-10-8-25-11(7-21-10)6-9(3)14-12-15(13(20)16(19)22-14)23-18(26-5-2)24-17(12)25/h10-11,21H,3-8H2,1-2H3/t10-,11-/m1/s1. The summed E-state index contributed by atoms with van der Waals surface area (Å²) in [4.78, 5) is 15.8. The van der Waals surface area contributed by atoms with E-state index in [1.54, 1.807) is 0 Å². The molecule has 0 bridgehead atoms. The minimum atomic E-state index is -0.583. The van der Waals surface area contributed by atoms with E-state index in [9.17, 15) is 4.39 Å². The molecular weight excluding hydrogens is 373 g/mol. The fraction of sp³-hybridized carbons (Fsp3) is 0.500. The summed E-state index contributed by atoms with van der Waals surface area (Å²) in [5, 5.41) is 4.63. The van der Waals surface area contributed by atoms with Gasteiger partial charge >= 0.3 is 0 Å². The Labute approximate surface area is 161 Å². The number of hydrogen-bond acceptors (Lipinski definition) is 6. The third-order valence-corrected chi connectivity index (χ3v) is 6.04. The highest BCUT2D eigenvalue weighted by atomic mass is 35.5. The average molecular weight is 394 g/mol. The molecule has 8 heteroatoms. The molecule has 0 radical (unpaired) electrons. The van der Waals surface area contributed by atoms with E-state index < -0.39 is 5.82 Å². The summed E-state index contributed by atoms with van der Waals surface area (Å²) in [7, 11) is 0. The molecule has 2 aliphatic rings. The molecule has 0 unspecified atom stereocenters. The van der Waals surface area contributed by atoms with Crippen LogP contribution in [-0.2, 0) is 0 Å². The maximum absolute atomic E-state index is 14.8. The lowest BCUT2D eigenvalue weighted by Gasteiger charge is -2.40. The van der Waals surface area contributed by atoms with Crippen LogP contribution in [0.4, 0.5) is 10.2 Å². The summed E-state index contributed by atoms with van der Waals surface area (Å²) in [5.41, 5.74) is 1.72. The van der Waals surface area contributed by atoms with Crippen LogP contribution < -0.4 is 10.2 Å². The predicted octanol–water partition coefficient (Wildman–Crippen LogP) is 3.90. The molecule has 1 saturated heterocycles. The molecule has 1 N–H and O–H groups in total. The van der Waals surface area contributed by atoms with Gasteiger partial charge in [-0.3, -0.25) is 0 Å². The van der Waals surface area contributed by atoms with Crippen molar-refractivity contribution in [1.29, 1.82) is 0 Å². The summed E-state index contributed by atoms with van der Waals surface area (Å²) in [6.45, 7) is 10.0. The molecular formula is C18H21ClFN5S. The summed E-state index contributed by atoms with van der Waals surface area (Å²) >= 11 is 7.57. The minimum absolute atomic E-state index is 0.157. The first-order valence-corrected chi connectivity index (χ1v) is 10.3. The summed E-state index contributed by atoms with van der Waals surface area (Å²) in [5.74, 6) is 0.987. The lowest BCUT2D eigenvalue weighted by atomic mass is 10.0. The number of piperazine rings is 1. The van der Waals surface area contributed by atoms with E-state index in [-0.39, 0.29) is 16.7 Å². The van der Waals surface area contributed by atoms with Gasteiger partial charge in [0.05, 0.1) is 11.1 Å². The number of anilines is 1. The van der Waals surface area contributed by atoms with E-state index in [2.05, 4.69) is 33.7 Å². The summed E-state index contributed by atoms with van der Waals surface area (Å²) < 4.78 is 14.8. The Morgan fingerprint density at radius 3 is 2.88 bits per heavy atom. The summed E-state index contributed by atoms with van der Waals surface area (Å²) in [6.07, 6.45) is 1.76. The van der Waals surface area contributed by atoms with Gasteiger partial charge in [-0.1, -0.05) is 43.8 Å². The van der Waals surface area contributed by atoms with Crippen molar-refractivity contribution >= 4 is 45.7 Å².